The normalized spacial score (nSPS) is 24.7. The zero-order valence-corrected chi connectivity index (χ0v) is 16.1. The number of halogens is 1. The van der Waals surface area contributed by atoms with Crippen molar-refractivity contribution in [3.05, 3.63) is 35.9 Å². The summed E-state index contributed by atoms with van der Waals surface area (Å²) in [6.07, 6.45) is 7.17. The van der Waals surface area contributed by atoms with Gasteiger partial charge >= 0.3 is 0 Å². The summed E-state index contributed by atoms with van der Waals surface area (Å²) < 4.78 is 29.2. The molecule has 0 spiro atoms. The average molecular weight is 399 g/mol. The largest absolute Gasteiger partial charge is 0.329 e. The molecule has 4 rings (SSSR count). The van der Waals surface area contributed by atoms with Crippen molar-refractivity contribution in [3.8, 4) is 0 Å². The maximum atomic E-state index is 12.8. The Bertz CT molecular complexity index is 855. The molecule has 1 saturated heterocycles. The van der Waals surface area contributed by atoms with E-state index in [1.807, 2.05) is 35.8 Å². The van der Waals surface area contributed by atoms with Crippen LogP contribution in [0.5, 0.6) is 0 Å². The molecule has 0 aromatic carbocycles. The quantitative estimate of drug-likeness (QED) is 0.740. The van der Waals surface area contributed by atoms with E-state index in [2.05, 4.69) is 9.97 Å². The van der Waals surface area contributed by atoms with E-state index in [4.69, 9.17) is 11.6 Å². The summed E-state index contributed by atoms with van der Waals surface area (Å²) in [6.45, 7) is 1.18. The third kappa shape index (κ3) is 3.32. The number of hydrogen-bond acceptors (Lipinski definition) is 5. The first-order chi connectivity index (χ1) is 11.9. The minimum atomic E-state index is -3.48. The first-order valence-electron chi connectivity index (χ1n) is 8.19. The van der Waals surface area contributed by atoms with Crippen molar-refractivity contribution in [2.45, 2.75) is 28.1 Å². The third-order valence-electron chi connectivity index (χ3n) is 5.06. The SMILES string of the molecule is Cn1ccnc1SC1C[C@@H]2CN(S(=O)(=O)c3ccc(Cl)nc3)C[C@H]2C1. The summed E-state index contributed by atoms with van der Waals surface area (Å²) in [6, 6.07) is 3.05. The van der Waals surface area contributed by atoms with Crippen molar-refractivity contribution >= 4 is 33.4 Å². The number of imidazole rings is 1. The molecule has 2 fully saturated rings. The minimum Gasteiger partial charge on any atom is -0.329 e. The van der Waals surface area contributed by atoms with Crippen molar-refractivity contribution in [2.75, 3.05) is 13.1 Å². The van der Waals surface area contributed by atoms with Crippen LogP contribution in [0.25, 0.3) is 0 Å². The van der Waals surface area contributed by atoms with Crippen LogP contribution in [0.3, 0.4) is 0 Å². The van der Waals surface area contributed by atoms with Gasteiger partial charge in [-0.2, -0.15) is 4.31 Å². The standard InChI is InChI=1S/C16H19ClN4O2S2/c1-20-5-4-18-16(20)24-13-6-11-9-21(10-12(11)7-13)25(22,23)14-2-3-15(17)19-8-14/h2-5,8,11-13H,6-7,9-10H2,1H3/t11-,12-/m1/s1. The molecule has 0 bridgehead atoms. The molecule has 134 valence electrons. The fourth-order valence-electron chi connectivity index (χ4n) is 3.77. The van der Waals surface area contributed by atoms with Gasteiger partial charge in [-0.1, -0.05) is 23.4 Å². The molecule has 9 heteroatoms. The van der Waals surface area contributed by atoms with Crippen molar-refractivity contribution in [2.24, 2.45) is 18.9 Å². The highest BCUT2D eigenvalue weighted by molar-refractivity contribution is 7.99. The summed E-state index contributed by atoms with van der Waals surface area (Å²) in [5, 5.41) is 1.84. The lowest BCUT2D eigenvalue weighted by atomic mass is 10.0. The Hall–Kier alpha value is -1.09. The van der Waals surface area contributed by atoms with Crippen LogP contribution in [0.1, 0.15) is 12.8 Å². The average Bonchev–Trinajstić information content (AvgIpc) is 3.24. The Balaban J connectivity index is 1.42. The van der Waals surface area contributed by atoms with Gasteiger partial charge in [0.05, 0.1) is 0 Å². The Morgan fingerprint density at radius 1 is 1.20 bits per heavy atom. The molecule has 2 aromatic heterocycles. The number of hydrogen-bond donors (Lipinski definition) is 0. The van der Waals surface area contributed by atoms with Crippen LogP contribution < -0.4 is 0 Å². The van der Waals surface area contributed by atoms with Gasteiger partial charge in [-0.3, -0.25) is 0 Å². The highest BCUT2D eigenvalue weighted by Crippen LogP contribution is 2.45. The molecule has 0 unspecified atom stereocenters. The number of pyridine rings is 1. The second kappa shape index (κ2) is 6.57. The Morgan fingerprint density at radius 2 is 1.92 bits per heavy atom. The van der Waals surface area contributed by atoms with Crippen molar-refractivity contribution in [1.29, 1.82) is 0 Å². The second-order valence-corrected chi connectivity index (χ2v) is 10.3. The zero-order chi connectivity index (χ0) is 17.6. The molecule has 0 N–H and O–H groups in total. The zero-order valence-electron chi connectivity index (χ0n) is 13.7. The third-order valence-corrected chi connectivity index (χ3v) is 8.42. The predicted molar refractivity (Wildman–Crippen MR) is 97.1 cm³/mol. The van der Waals surface area contributed by atoms with Gasteiger partial charge in [-0.25, -0.2) is 18.4 Å². The number of rotatable bonds is 4. The number of aromatic nitrogens is 3. The minimum absolute atomic E-state index is 0.218. The Labute approximate surface area is 156 Å². The van der Waals surface area contributed by atoms with Gasteiger partial charge in [0.15, 0.2) is 5.16 Å². The molecule has 3 heterocycles. The molecule has 25 heavy (non-hydrogen) atoms. The Kier molecular flexibility index (Phi) is 4.56. The first-order valence-corrected chi connectivity index (χ1v) is 10.9. The van der Waals surface area contributed by atoms with Crippen LogP contribution in [-0.4, -0.2) is 45.6 Å². The smallest absolute Gasteiger partial charge is 0.244 e. The summed E-state index contributed by atoms with van der Waals surface area (Å²) in [5.74, 6) is 0.848. The summed E-state index contributed by atoms with van der Waals surface area (Å²) >= 11 is 7.56. The van der Waals surface area contributed by atoms with E-state index in [0.29, 0.717) is 35.3 Å². The van der Waals surface area contributed by atoms with E-state index in [1.54, 1.807) is 4.31 Å². The monoisotopic (exact) mass is 398 g/mol. The van der Waals surface area contributed by atoms with E-state index in [9.17, 15) is 8.42 Å². The number of fused-ring (bicyclic) bond motifs is 1. The van der Waals surface area contributed by atoms with Crippen LogP contribution in [0.2, 0.25) is 5.15 Å². The summed E-state index contributed by atoms with van der Waals surface area (Å²) in [7, 11) is -1.48. The van der Waals surface area contributed by atoms with Crippen molar-refractivity contribution in [3.63, 3.8) is 0 Å². The van der Waals surface area contributed by atoms with Crippen LogP contribution in [0.4, 0.5) is 0 Å². The van der Waals surface area contributed by atoms with Gasteiger partial charge < -0.3 is 4.57 Å². The van der Waals surface area contributed by atoms with Crippen molar-refractivity contribution < 1.29 is 8.42 Å². The maximum Gasteiger partial charge on any atom is 0.244 e. The number of aryl methyl sites for hydroxylation is 1. The van der Waals surface area contributed by atoms with E-state index in [-0.39, 0.29) is 4.90 Å². The lowest BCUT2D eigenvalue weighted by Crippen LogP contribution is -2.30. The topological polar surface area (TPSA) is 68.1 Å². The van der Waals surface area contributed by atoms with E-state index < -0.39 is 10.0 Å². The lowest BCUT2D eigenvalue weighted by Gasteiger charge is -2.18. The number of sulfonamides is 1. The van der Waals surface area contributed by atoms with Crippen LogP contribution in [-0.2, 0) is 17.1 Å². The Morgan fingerprint density at radius 3 is 2.48 bits per heavy atom. The van der Waals surface area contributed by atoms with E-state index in [0.717, 1.165) is 18.0 Å². The van der Waals surface area contributed by atoms with Gasteiger partial charge in [0, 0.05) is 44.0 Å². The second-order valence-electron chi connectivity index (χ2n) is 6.69. The summed E-state index contributed by atoms with van der Waals surface area (Å²) in [4.78, 5) is 8.49. The van der Waals surface area contributed by atoms with Gasteiger partial charge in [-0.15, -0.1) is 0 Å². The van der Waals surface area contributed by atoms with E-state index in [1.165, 1.54) is 18.3 Å². The highest BCUT2D eigenvalue weighted by atomic mass is 35.5. The molecule has 1 aliphatic carbocycles. The van der Waals surface area contributed by atoms with Crippen molar-refractivity contribution in [1.82, 2.24) is 18.8 Å². The molecule has 0 radical (unpaired) electrons. The first kappa shape index (κ1) is 17.3. The maximum absolute atomic E-state index is 12.8. The van der Waals surface area contributed by atoms with Crippen LogP contribution >= 0.6 is 23.4 Å². The number of thioether (sulfide) groups is 1. The molecule has 1 aliphatic heterocycles. The van der Waals surface area contributed by atoms with Crippen LogP contribution in [0, 0.1) is 11.8 Å². The lowest BCUT2D eigenvalue weighted by molar-refractivity contribution is 0.446. The van der Waals surface area contributed by atoms with Crippen LogP contribution in [0.15, 0.2) is 40.8 Å². The molecule has 2 aliphatic rings. The fourth-order valence-corrected chi connectivity index (χ4v) is 6.72. The molecule has 2 atom stereocenters. The molecule has 0 amide bonds. The van der Waals surface area contributed by atoms with E-state index >= 15 is 0 Å². The van der Waals surface area contributed by atoms with Gasteiger partial charge in [-0.05, 0) is 36.8 Å². The van der Waals surface area contributed by atoms with Gasteiger partial charge in [0.25, 0.3) is 0 Å². The summed E-state index contributed by atoms with van der Waals surface area (Å²) in [5.41, 5.74) is 0. The molecular formula is C16H19ClN4O2S2. The number of nitrogens with zero attached hydrogens (tertiary/aromatic N) is 4. The molecular weight excluding hydrogens is 380 g/mol. The highest BCUT2D eigenvalue weighted by Gasteiger charge is 2.45. The van der Waals surface area contributed by atoms with Gasteiger partial charge in [0.1, 0.15) is 10.0 Å². The molecule has 2 aromatic rings. The molecule has 6 nitrogen and oxygen atoms in total. The van der Waals surface area contributed by atoms with Gasteiger partial charge in [0.2, 0.25) is 10.0 Å². The predicted octanol–water partition coefficient (Wildman–Crippen LogP) is 2.66. The fraction of sp³-hybridized carbons (Fsp3) is 0.500. The molecule has 1 saturated carbocycles.